The van der Waals surface area contributed by atoms with Crippen molar-refractivity contribution in [2.24, 2.45) is 5.92 Å². The number of carbonyl (C=O) groups is 2. The van der Waals surface area contributed by atoms with Crippen LogP contribution in [0.5, 0.6) is 0 Å². The van der Waals surface area contributed by atoms with E-state index in [0.717, 1.165) is 16.8 Å². The fraction of sp³-hybridized carbons (Fsp3) is 0.300. The van der Waals surface area contributed by atoms with E-state index in [9.17, 15) is 14.7 Å². The van der Waals surface area contributed by atoms with Crippen molar-refractivity contribution in [3.05, 3.63) is 88.0 Å². The van der Waals surface area contributed by atoms with Crippen LogP contribution in [0.3, 0.4) is 0 Å². The molecule has 10 heteroatoms. The summed E-state index contributed by atoms with van der Waals surface area (Å²) in [4.78, 5) is 31.7. The van der Waals surface area contributed by atoms with Gasteiger partial charge in [0.2, 0.25) is 0 Å². The second-order valence-corrected chi connectivity index (χ2v) is 11.2. The summed E-state index contributed by atoms with van der Waals surface area (Å²) in [5, 5.41) is 21.6. The molecule has 1 aromatic carbocycles. The lowest BCUT2D eigenvalue weighted by atomic mass is 10.0. The number of thiophene rings is 1. The third kappa shape index (κ3) is 5.94. The molecule has 9 nitrogen and oxygen atoms in total. The maximum atomic E-state index is 13.5. The fourth-order valence-electron chi connectivity index (χ4n) is 4.87. The summed E-state index contributed by atoms with van der Waals surface area (Å²) in [6.45, 7) is 6.97. The largest absolute Gasteiger partial charge is 0.394 e. The Hall–Kier alpha value is -3.99. The molecule has 1 aliphatic rings. The number of fused-ring (bicyclic) bond motifs is 1. The van der Waals surface area contributed by atoms with E-state index in [4.69, 9.17) is 4.98 Å². The molecular formula is C30H34N6O3S. The zero-order valence-corrected chi connectivity index (χ0v) is 23.7. The summed E-state index contributed by atoms with van der Waals surface area (Å²) in [6, 6.07) is 13.2. The predicted octanol–water partition coefficient (Wildman–Crippen LogP) is 4.15. The second-order valence-electron chi connectivity index (χ2n) is 10.4. The van der Waals surface area contributed by atoms with E-state index in [-0.39, 0.29) is 24.5 Å². The SMILES string of the molecule is Cc1cccc(N2C=C(CNC(=O)c3cccn4c(C(=O)N[C@H](CO)CC(C)C)c(-c5ccsc5)nc34)CN2)c1. The number of aliphatic hydroxyl groups is 1. The lowest BCUT2D eigenvalue weighted by Gasteiger charge is -2.18. The number of anilines is 1. The van der Waals surface area contributed by atoms with Gasteiger partial charge in [-0.1, -0.05) is 26.0 Å². The van der Waals surface area contributed by atoms with Crippen LogP contribution in [0.15, 0.2) is 71.2 Å². The Morgan fingerprint density at radius 2 is 2.02 bits per heavy atom. The molecule has 40 heavy (non-hydrogen) atoms. The van der Waals surface area contributed by atoms with E-state index < -0.39 is 0 Å². The number of hydrazine groups is 1. The maximum absolute atomic E-state index is 13.5. The number of hydrogen-bond acceptors (Lipinski definition) is 7. The van der Waals surface area contributed by atoms with Crippen LogP contribution < -0.4 is 21.1 Å². The zero-order chi connectivity index (χ0) is 28.2. The fourth-order valence-corrected chi connectivity index (χ4v) is 5.51. The summed E-state index contributed by atoms with van der Waals surface area (Å²) in [5.74, 6) is -0.313. The number of nitrogens with zero attached hydrogens (tertiary/aromatic N) is 3. The van der Waals surface area contributed by atoms with Crippen molar-refractivity contribution in [2.45, 2.75) is 33.2 Å². The highest BCUT2D eigenvalue weighted by atomic mass is 32.1. The van der Waals surface area contributed by atoms with Crippen molar-refractivity contribution >= 4 is 34.5 Å². The maximum Gasteiger partial charge on any atom is 0.270 e. The number of carbonyl (C=O) groups excluding carboxylic acids is 2. The van der Waals surface area contributed by atoms with E-state index in [2.05, 4.69) is 35.1 Å². The van der Waals surface area contributed by atoms with E-state index in [0.29, 0.717) is 48.0 Å². The molecule has 0 aliphatic carbocycles. The highest BCUT2D eigenvalue weighted by Crippen LogP contribution is 2.28. The number of aliphatic hydroxyl groups excluding tert-OH is 1. The first-order chi connectivity index (χ1) is 19.3. The molecule has 4 N–H and O–H groups in total. The number of imidazole rings is 1. The van der Waals surface area contributed by atoms with Crippen LogP contribution in [-0.4, -0.2) is 52.0 Å². The van der Waals surface area contributed by atoms with Crippen molar-refractivity contribution in [1.82, 2.24) is 25.4 Å². The van der Waals surface area contributed by atoms with Gasteiger partial charge in [0.1, 0.15) is 11.4 Å². The van der Waals surface area contributed by atoms with Crippen LogP contribution in [0.2, 0.25) is 0 Å². The molecule has 3 aromatic heterocycles. The minimum atomic E-state index is -0.382. The number of pyridine rings is 1. The Labute approximate surface area is 237 Å². The number of aryl methyl sites for hydroxylation is 1. The third-order valence-electron chi connectivity index (χ3n) is 6.76. The molecule has 0 radical (unpaired) electrons. The van der Waals surface area contributed by atoms with Crippen molar-refractivity contribution in [3.63, 3.8) is 0 Å². The molecule has 0 bridgehead atoms. The van der Waals surface area contributed by atoms with Crippen LogP contribution in [0.4, 0.5) is 5.69 Å². The summed E-state index contributed by atoms with van der Waals surface area (Å²) >= 11 is 1.51. The first-order valence-corrected chi connectivity index (χ1v) is 14.3. The van der Waals surface area contributed by atoms with Crippen LogP contribution in [0.1, 0.15) is 46.7 Å². The predicted molar refractivity (Wildman–Crippen MR) is 158 cm³/mol. The molecule has 208 valence electrons. The van der Waals surface area contributed by atoms with Gasteiger partial charge < -0.3 is 15.7 Å². The van der Waals surface area contributed by atoms with Crippen molar-refractivity contribution in [2.75, 3.05) is 24.7 Å². The summed E-state index contributed by atoms with van der Waals surface area (Å²) in [7, 11) is 0. The van der Waals surface area contributed by atoms with Gasteiger partial charge in [-0.3, -0.25) is 19.0 Å². The molecule has 1 aliphatic heterocycles. The molecule has 4 heterocycles. The minimum Gasteiger partial charge on any atom is -0.394 e. The summed E-state index contributed by atoms with van der Waals surface area (Å²) in [5.41, 5.74) is 8.97. The van der Waals surface area contributed by atoms with Crippen molar-refractivity contribution in [1.29, 1.82) is 0 Å². The smallest absolute Gasteiger partial charge is 0.270 e. The minimum absolute atomic E-state index is 0.159. The zero-order valence-electron chi connectivity index (χ0n) is 22.8. The van der Waals surface area contributed by atoms with E-state index in [1.165, 1.54) is 16.9 Å². The molecule has 1 atom stereocenters. The van der Waals surface area contributed by atoms with Crippen LogP contribution in [0.25, 0.3) is 16.9 Å². The summed E-state index contributed by atoms with van der Waals surface area (Å²) < 4.78 is 1.66. The quantitative estimate of drug-likeness (QED) is 0.233. The standard InChI is InChI=1S/C30H34N6O3S/c1-19(2)12-23(17-37)33-30(39)27-26(22-9-11-40-18-22)34-28-25(8-5-10-35(27)28)29(38)31-14-21-15-32-36(16-21)24-7-4-6-20(3)13-24/h4-11,13,16,18-19,23,32,37H,12,14-15,17H2,1-3H3,(H,31,38)(H,33,39)/t23-/m0/s1. The van der Waals surface area contributed by atoms with Crippen molar-refractivity contribution in [3.8, 4) is 11.3 Å². The van der Waals surface area contributed by atoms with Crippen LogP contribution in [0, 0.1) is 12.8 Å². The number of nitrogens with one attached hydrogen (secondary N) is 3. The molecule has 2 amide bonds. The van der Waals surface area contributed by atoms with Gasteiger partial charge >= 0.3 is 0 Å². The van der Waals surface area contributed by atoms with Crippen LogP contribution in [-0.2, 0) is 0 Å². The Bertz CT molecular complexity index is 1540. The molecule has 0 fully saturated rings. The topological polar surface area (TPSA) is 111 Å². The normalized spacial score (nSPS) is 14.0. The Kier molecular flexibility index (Phi) is 8.29. The third-order valence-corrected chi connectivity index (χ3v) is 7.44. The van der Waals surface area contributed by atoms with Crippen LogP contribution >= 0.6 is 11.3 Å². The number of benzene rings is 1. The first kappa shape index (κ1) is 27.6. The Morgan fingerprint density at radius 1 is 1.18 bits per heavy atom. The van der Waals surface area contributed by atoms with Gasteiger partial charge in [-0.15, -0.1) is 0 Å². The first-order valence-electron chi connectivity index (χ1n) is 13.4. The highest BCUT2D eigenvalue weighted by Gasteiger charge is 2.26. The number of amides is 2. The molecular weight excluding hydrogens is 524 g/mol. The lowest BCUT2D eigenvalue weighted by Crippen LogP contribution is -2.39. The number of aromatic nitrogens is 2. The number of hydrogen-bond donors (Lipinski definition) is 4. The van der Waals surface area contributed by atoms with Gasteiger partial charge in [-0.05, 0) is 66.1 Å². The number of rotatable bonds is 10. The molecule has 0 unspecified atom stereocenters. The van der Waals surface area contributed by atoms with Gasteiger partial charge in [-0.25, -0.2) is 10.4 Å². The van der Waals surface area contributed by atoms with Crippen molar-refractivity contribution < 1.29 is 14.7 Å². The molecule has 0 spiro atoms. The average Bonchev–Trinajstić information content (AvgIpc) is 3.70. The highest BCUT2D eigenvalue weighted by molar-refractivity contribution is 7.08. The van der Waals surface area contributed by atoms with E-state index >= 15 is 0 Å². The van der Waals surface area contributed by atoms with Gasteiger partial charge in [0.25, 0.3) is 11.8 Å². The van der Waals surface area contributed by atoms with E-state index in [1.54, 1.807) is 22.7 Å². The summed E-state index contributed by atoms with van der Waals surface area (Å²) in [6.07, 6.45) is 4.38. The van der Waals surface area contributed by atoms with Gasteiger partial charge in [0, 0.05) is 36.4 Å². The average molecular weight is 559 g/mol. The Morgan fingerprint density at radius 3 is 2.75 bits per heavy atom. The molecule has 0 saturated heterocycles. The van der Waals surface area contributed by atoms with Gasteiger partial charge in [0.05, 0.1) is 23.9 Å². The second kappa shape index (κ2) is 12.0. The van der Waals surface area contributed by atoms with Gasteiger partial charge in [0.15, 0.2) is 5.65 Å². The van der Waals surface area contributed by atoms with Gasteiger partial charge in [-0.2, -0.15) is 11.3 Å². The monoisotopic (exact) mass is 558 g/mol. The molecule has 5 rings (SSSR count). The molecule has 4 aromatic rings. The van der Waals surface area contributed by atoms with E-state index in [1.807, 2.05) is 54.0 Å². The Balaban J connectivity index is 1.40. The lowest BCUT2D eigenvalue weighted by molar-refractivity contribution is 0.0901. The molecule has 0 saturated carbocycles.